The van der Waals surface area contributed by atoms with Crippen molar-refractivity contribution in [1.29, 1.82) is 0 Å². The summed E-state index contributed by atoms with van der Waals surface area (Å²) >= 11 is 6.21. The fraction of sp³-hybridized carbons (Fsp3) is 0.364. The van der Waals surface area contributed by atoms with Crippen LogP contribution in [0, 0.1) is 6.92 Å². The van der Waals surface area contributed by atoms with Crippen LogP contribution in [0.25, 0.3) is 0 Å². The number of carbonyl (C=O) groups excluding carboxylic acids is 2. The van der Waals surface area contributed by atoms with Crippen LogP contribution in [0.5, 0.6) is 0 Å². The second kappa shape index (κ2) is 9.29. The zero-order valence-corrected chi connectivity index (χ0v) is 17.7. The standard InChI is InChI=1S/C22H26ClN3O3/c1-15-4-9-20(19(23)12-15)24-21(27)14-25-10-11-26(13-16(25)2)18-7-5-17(6-8-18)22(28)29-3/h4-9,12,16H,10-11,13-14H2,1-3H3,(H,24,27). The minimum absolute atomic E-state index is 0.0708. The third-order valence-electron chi connectivity index (χ3n) is 5.16. The molecular formula is C22H26ClN3O3. The first kappa shape index (κ1) is 21.1. The molecule has 0 saturated carbocycles. The van der Waals surface area contributed by atoms with Gasteiger partial charge in [0.15, 0.2) is 0 Å². The Balaban J connectivity index is 1.55. The quantitative estimate of drug-likeness (QED) is 0.756. The molecule has 1 heterocycles. The number of esters is 1. The van der Waals surface area contributed by atoms with Gasteiger partial charge >= 0.3 is 5.97 Å². The Morgan fingerprint density at radius 2 is 1.90 bits per heavy atom. The number of nitrogens with zero attached hydrogens (tertiary/aromatic N) is 2. The molecule has 3 rings (SSSR count). The van der Waals surface area contributed by atoms with Gasteiger partial charge in [-0.05, 0) is 55.8 Å². The van der Waals surface area contributed by atoms with Crippen LogP contribution >= 0.6 is 11.6 Å². The Morgan fingerprint density at radius 3 is 2.52 bits per heavy atom. The van der Waals surface area contributed by atoms with Gasteiger partial charge in [-0.3, -0.25) is 9.69 Å². The molecule has 1 aliphatic rings. The lowest BCUT2D eigenvalue weighted by molar-refractivity contribution is -0.117. The highest BCUT2D eigenvalue weighted by atomic mass is 35.5. The highest BCUT2D eigenvalue weighted by Crippen LogP contribution is 2.23. The maximum absolute atomic E-state index is 12.5. The van der Waals surface area contributed by atoms with Gasteiger partial charge in [-0.1, -0.05) is 17.7 Å². The molecule has 2 aromatic carbocycles. The molecule has 0 radical (unpaired) electrons. The molecule has 0 spiro atoms. The van der Waals surface area contributed by atoms with E-state index in [1.54, 1.807) is 12.1 Å². The van der Waals surface area contributed by atoms with Crippen molar-refractivity contribution in [2.24, 2.45) is 0 Å². The summed E-state index contributed by atoms with van der Waals surface area (Å²) in [6.07, 6.45) is 0. The van der Waals surface area contributed by atoms with Crippen LogP contribution in [0.15, 0.2) is 42.5 Å². The number of hydrogen-bond acceptors (Lipinski definition) is 5. The average Bonchev–Trinajstić information content (AvgIpc) is 2.71. The minimum Gasteiger partial charge on any atom is -0.465 e. The summed E-state index contributed by atoms with van der Waals surface area (Å²) in [5.41, 5.74) is 3.28. The van der Waals surface area contributed by atoms with Crippen molar-refractivity contribution in [3.05, 3.63) is 58.6 Å². The largest absolute Gasteiger partial charge is 0.465 e. The number of benzene rings is 2. The average molecular weight is 416 g/mol. The Hall–Kier alpha value is -2.57. The number of nitrogens with one attached hydrogen (secondary N) is 1. The van der Waals surface area contributed by atoms with Crippen molar-refractivity contribution >= 4 is 34.9 Å². The lowest BCUT2D eigenvalue weighted by atomic mass is 10.1. The van der Waals surface area contributed by atoms with Crippen molar-refractivity contribution in [3.8, 4) is 0 Å². The summed E-state index contributed by atoms with van der Waals surface area (Å²) in [4.78, 5) is 28.5. The van der Waals surface area contributed by atoms with E-state index in [2.05, 4.69) is 22.0 Å². The molecule has 1 amide bonds. The smallest absolute Gasteiger partial charge is 0.337 e. The molecule has 0 aromatic heterocycles. The van der Waals surface area contributed by atoms with Crippen molar-refractivity contribution in [1.82, 2.24) is 4.90 Å². The molecule has 1 fully saturated rings. The monoisotopic (exact) mass is 415 g/mol. The predicted molar refractivity (Wildman–Crippen MR) is 116 cm³/mol. The number of methoxy groups -OCH3 is 1. The van der Waals surface area contributed by atoms with E-state index in [1.165, 1.54) is 7.11 Å². The van der Waals surface area contributed by atoms with Gasteiger partial charge in [0.2, 0.25) is 5.91 Å². The number of amides is 1. The number of rotatable bonds is 5. The predicted octanol–water partition coefficient (Wildman–Crippen LogP) is 3.58. The van der Waals surface area contributed by atoms with E-state index < -0.39 is 0 Å². The lowest BCUT2D eigenvalue weighted by Crippen LogP contribution is -2.53. The summed E-state index contributed by atoms with van der Waals surface area (Å²) in [5, 5.41) is 3.45. The Bertz CT molecular complexity index is 885. The molecule has 0 aliphatic carbocycles. The van der Waals surface area contributed by atoms with Crippen LogP contribution in [0.1, 0.15) is 22.8 Å². The van der Waals surface area contributed by atoms with Crippen LogP contribution in [0.4, 0.5) is 11.4 Å². The van der Waals surface area contributed by atoms with E-state index in [4.69, 9.17) is 16.3 Å². The van der Waals surface area contributed by atoms with Gasteiger partial charge in [0.25, 0.3) is 0 Å². The molecule has 1 atom stereocenters. The molecule has 6 nitrogen and oxygen atoms in total. The zero-order valence-electron chi connectivity index (χ0n) is 16.9. The fourth-order valence-corrected chi connectivity index (χ4v) is 3.77. The molecule has 154 valence electrons. The van der Waals surface area contributed by atoms with Crippen LogP contribution < -0.4 is 10.2 Å². The SMILES string of the molecule is COC(=O)c1ccc(N2CCN(CC(=O)Nc3ccc(C)cc3Cl)C(C)C2)cc1. The van der Waals surface area contributed by atoms with E-state index in [9.17, 15) is 9.59 Å². The molecular weight excluding hydrogens is 390 g/mol. The van der Waals surface area contributed by atoms with Crippen molar-refractivity contribution in [2.75, 3.05) is 43.5 Å². The first-order valence-electron chi connectivity index (χ1n) is 9.60. The van der Waals surface area contributed by atoms with Crippen LogP contribution in [0.2, 0.25) is 5.02 Å². The van der Waals surface area contributed by atoms with Crippen molar-refractivity contribution in [3.63, 3.8) is 0 Å². The third kappa shape index (κ3) is 5.28. The fourth-order valence-electron chi connectivity index (χ4n) is 3.49. The van der Waals surface area contributed by atoms with Gasteiger partial charge < -0.3 is 15.0 Å². The molecule has 2 aromatic rings. The van der Waals surface area contributed by atoms with Crippen LogP contribution in [-0.2, 0) is 9.53 Å². The molecule has 29 heavy (non-hydrogen) atoms. The van der Waals surface area contributed by atoms with E-state index in [1.807, 2.05) is 37.3 Å². The van der Waals surface area contributed by atoms with Crippen molar-refractivity contribution in [2.45, 2.75) is 19.9 Å². The Labute approximate surface area is 176 Å². The summed E-state index contributed by atoms with van der Waals surface area (Å²) in [6, 6.07) is 13.2. The number of carbonyl (C=O) groups is 2. The maximum Gasteiger partial charge on any atom is 0.337 e. The van der Waals surface area contributed by atoms with Crippen molar-refractivity contribution < 1.29 is 14.3 Å². The summed E-state index contributed by atoms with van der Waals surface area (Å²) in [7, 11) is 1.38. The normalized spacial score (nSPS) is 17.1. The van der Waals surface area contributed by atoms with Gasteiger partial charge in [-0.25, -0.2) is 4.79 Å². The van der Waals surface area contributed by atoms with E-state index in [-0.39, 0.29) is 17.9 Å². The minimum atomic E-state index is -0.338. The number of aryl methyl sites for hydroxylation is 1. The Kier molecular flexibility index (Phi) is 6.77. The molecule has 1 aliphatic heterocycles. The highest BCUT2D eigenvalue weighted by molar-refractivity contribution is 6.33. The third-order valence-corrected chi connectivity index (χ3v) is 5.48. The maximum atomic E-state index is 12.5. The molecule has 1 N–H and O–H groups in total. The van der Waals surface area contributed by atoms with Crippen LogP contribution in [-0.4, -0.2) is 56.1 Å². The van der Waals surface area contributed by atoms with E-state index >= 15 is 0 Å². The number of halogens is 1. The van der Waals surface area contributed by atoms with Gasteiger partial charge in [0, 0.05) is 31.4 Å². The highest BCUT2D eigenvalue weighted by Gasteiger charge is 2.25. The first-order valence-corrected chi connectivity index (χ1v) is 9.98. The Morgan fingerprint density at radius 1 is 1.17 bits per heavy atom. The van der Waals surface area contributed by atoms with Gasteiger partial charge in [0.1, 0.15) is 0 Å². The summed E-state index contributed by atoms with van der Waals surface area (Å²) < 4.78 is 4.74. The summed E-state index contributed by atoms with van der Waals surface area (Å²) in [5.74, 6) is -0.409. The second-order valence-corrected chi connectivity index (χ2v) is 7.74. The lowest BCUT2D eigenvalue weighted by Gasteiger charge is -2.40. The van der Waals surface area contributed by atoms with E-state index in [0.717, 1.165) is 30.9 Å². The first-order chi connectivity index (χ1) is 13.9. The van der Waals surface area contributed by atoms with Gasteiger partial charge in [-0.15, -0.1) is 0 Å². The molecule has 7 heteroatoms. The zero-order chi connectivity index (χ0) is 21.0. The molecule has 0 bridgehead atoms. The molecule has 1 unspecified atom stereocenters. The molecule has 1 saturated heterocycles. The number of hydrogen-bond donors (Lipinski definition) is 1. The van der Waals surface area contributed by atoms with Gasteiger partial charge in [-0.2, -0.15) is 0 Å². The number of piperazine rings is 1. The van der Waals surface area contributed by atoms with Gasteiger partial charge in [0.05, 0.1) is 29.9 Å². The summed E-state index contributed by atoms with van der Waals surface area (Å²) in [6.45, 7) is 6.77. The van der Waals surface area contributed by atoms with Crippen LogP contribution in [0.3, 0.4) is 0 Å². The topological polar surface area (TPSA) is 61.9 Å². The number of anilines is 2. The van der Waals surface area contributed by atoms with E-state index in [0.29, 0.717) is 22.8 Å². The second-order valence-electron chi connectivity index (χ2n) is 7.34. The number of ether oxygens (including phenoxy) is 1.